The molecule has 0 atom stereocenters. The van der Waals surface area contributed by atoms with Crippen molar-refractivity contribution >= 4 is 27.3 Å². The molecule has 0 aliphatic carbocycles. The third kappa shape index (κ3) is 3.78. The quantitative estimate of drug-likeness (QED) is 0.628. The van der Waals surface area contributed by atoms with Gasteiger partial charge >= 0.3 is 0 Å². The van der Waals surface area contributed by atoms with Gasteiger partial charge < -0.3 is 5.32 Å². The van der Waals surface area contributed by atoms with Gasteiger partial charge in [-0.3, -0.25) is 10.1 Å². The lowest BCUT2D eigenvalue weighted by Gasteiger charge is -2.08. The highest BCUT2D eigenvalue weighted by Gasteiger charge is 2.12. The maximum atomic E-state index is 13.1. The fraction of sp³-hybridized carbons (Fsp3) is 0.200. The van der Waals surface area contributed by atoms with Crippen molar-refractivity contribution in [2.45, 2.75) is 19.9 Å². The molecule has 0 aliphatic rings. The standard InChI is InChI=1S/C15H14BrFN2O2/c1-2-11-4-5-12(8-15(11)19(20)21)18-9-10-3-6-14(17)13(16)7-10/h3-8,18H,2,9H2,1H3. The van der Waals surface area contributed by atoms with Crippen LogP contribution in [0.3, 0.4) is 0 Å². The number of rotatable bonds is 5. The highest BCUT2D eigenvalue weighted by atomic mass is 79.9. The molecule has 0 saturated carbocycles. The van der Waals surface area contributed by atoms with Gasteiger partial charge in [0, 0.05) is 23.9 Å². The molecule has 0 unspecified atom stereocenters. The lowest BCUT2D eigenvalue weighted by atomic mass is 10.1. The van der Waals surface area contributed by atoms with E-state index in [0.29, 0.717) is 28.7 Å². The number of nitrogens with zero attached hydrogens (tertiary/aromatic N) is 1. The fourth-order valence-electron chi connectivity index (χ4n) is 2.00. The van der Waals surface area contributed by atoms with Gasteiger partial charge in [-0.15, -0.1) is 0 Å². The van der Waals surface area contributed by atoms with Crippen molar-refractivity contribution in [2.75, 3.05) is 5.32 Å². The molecule has 110 valence electrons. The number of aryl methyl sites for hydroxylation is 1. The normalized spacial score (nSPS) is 10.4. The predicted octanol–water partition coefficient (Wildman–Crippen LogP) is 4.67. The van der Waals surface area contributed by atoms with Crippen molar-refractivity contribution < 1.29 is 9.31 Å². The first-order valence-corrected chi connectivity index (χ1v) is 7.25. The minimum atomic E-state index is -0.376. The Bertz CT molecular complexity index is 677. The van der Waals surface area contributed by atoms with Crippen LogP contribution in [0.25, 0.3) is 0 Å². The number of halogens is 2. The summed E-state index contributed by atoms with van der Waals surface area (Å²) in [6.45, 7) is 2.34. The van der Waals surface area contributed by atoms with Crippen molar-refractivity contribution in [3.05, 3.63) is 67.9 Å². The first kappa shape index (κ1) is 15.4. The minimum absolute atomic E-state index is 0.114. The third-order valence-electron chi connectivity index (χ3n) is 3.14. The van der Waals surface area contributed by atoms with Crippen LogP contribution in [0, 0.1) is 15.9 Å². The molecule has 0 amide bonds. The summed E-state index contributed by atoms with van der Waals surface area (Å²) in [6, 6.07) is 9.81. The van der Waals surface area contributed by atoms with E-state index in [4.69, 9.17) is 0 Å². The molecule has 0 heterocycles. The molecule has 0 spiro atoms. The molecule has 0 fully saturated rings. The van der Waals surface area contributed by atoms with Crippen LogP contribution >= 0.6 is 15.9 Å². The SMILES string of the molecule is CCc1ccc(NCc2ccc(F)c(Br)c2)cc1[N+](=O)[O-]. The molecular weight excluding hydrogens is 339 g/mol. The van der Waals surface area contributed by atoms with Gasteiger partial charge in [-0.1, -0.05) is 19.1 Å². The van der Waals surface area contributed by atoms with Crippen LogP contribution in [0.15, 0.2) is 40.9 Å². The summed E-state index contributed by atoms with van der Waals surface area (Å²) < 4.78 is 13.5. The Morgan fingerprint density at radius 2 is 2.05 bits per heavy atom. The Morgan fingerprint density at radius 1 is 1.29 bits per heavy atom. The first-order valence-electron chi connectivity index (χ1n) is 6.46. The van der Waals surface area contributed by atoms with Gasteiger partial charge in [0.25, 0.3) is 5.69 Å². The van der Waals surface area contributed by atoms with E-state index in [0.717, 1.165) is 5.56 Å². The number of anilines is 1. The van der Waals surface area contributed by atoms with Crippen molar-refractivity contribution in [1.82, 2.24) is 0 Å². The maximum Gasteiger partial charge on any atom is 0.274 e. The monoisotopic (exact) mass is 352 g/mol. The Hall–Kier alpha value is -1.95. The topological polar surface area (TPSA) is 55.2 Å². The van der Waals surface area contributed by atoms with Gasteiger partial charge in [-0.05, 0) is 46.1 Å². The van der Waals surface area contributed by atoms with Crippen LogP contribution in [0.5, 0.6) is 0 Å². The van der Waals surface area contributed by atoms with E-state index < -0.39 is 0 Å². The molecule has 2 rings (SSSR count). The predicted molar refractivity (Wildman–Crippen MR) is 83.9 cm³/mol. The second-order valence-corrected chi connectivity index (χ2v) is 5.41. The average Bonchev–Trinajstić information content (AvgIpc) is 2.48. The number of hydrogen-bond donors (Lipinski definition) is 1. The van der Waals surface area contributed by atoms with Gasteiger partial charge in [-0.2, -0.15) is 0 Å². The number of nitro benzene ring substituents is 1. The maximum absolute atomic E-state index is 13.1. The van der Waals surface area contributed by atoms with Crippen molar-refractivity contribution in [1.29, 1.82) is 0 Å². The van der Waals surface area contributed by atoms with Gasteiger partial charge in [0.2, 0.25) is 0 Å². The lowest BCUT2D eigenvalue weighted by molar-refractivity contribution is -0.385. The van der Waals surface area contributed by atoms with E-state index in [-0.39, 0.29) is 16.4 Å². The van der Waals surface area contributed by atoms with E-state index in [1.807, 2.05) is 13.0 Å². The summed E-state index contributed by atoms with van der Waals surface area (Å²) >= 11 is 3.13. The summed E-state index contributed by atoms with van der Waals surface area (Å²) in [5, 5.41) is 14.1. The van der Waals surface area contributed by atoms with Gasteiger partial charge in [0.1, 0.15) is 5.82 Å². The molecule has 1 N–H and O–H groups in total. The van der Waals surface area contributed by atoms with E-state index in [1.165, 1.54) is 12.1 Å². The zero-order valence-corrected chi connectivity index (χ0v) is 13.0. The molecule has 0 saturated heterocycles. The zero-order valence-electron chi connectivity index (χ0n) is 11.4. The summed E-state index contributed by atoms with van der Waals surface area (Å²) in [4.78, 5) is 10.6. The highest BCUT2D eigenvalue weighted by molar-refractivity contribution is 9.10. The Labute approximate surface area is 130 Å². The Kier molecular flexibility index (Phi) is 4.90. The molecule has 6 heteroatoms. The molecule has 0 radical (unpaired) electrons. The molecule has 4 nitrogen and oxygen atoms in total. The molecule has 21 heavy (non-hydrogen) atoms. The molecule has 0 aromatic heterocycles. The molecule has 0 aliphatic heterocycles. The van der Waals surface area contributed by atoms with Crippen LogP contribution in [0.4, 0.5) is 15.8 Å². The second kappa shape index (κ2) is 6.67. The van der Waals surface area contributed by atoms with E-state index in [9.17, 15) is 14.5 Å². The van der Waals surface area contributed by atoms with Crippen LogP contribution in [-0.2, 0) is 13.0 Å². The summed E-state index contributed by atoms with van der Waals surface area (Å²) in [7, 11) is 0. The van der Waals surface area contributed by atoms with E-state index in [2.05, 4.69) is 21.2 Å². The van der Waals surface area contributed by atoms with E-state index in [1.54, 1.807) is 18.2 Å². The Balaban J connectivity index is 2.14. The van der Waals surface area contributed by atoms with Crippen molar-refractivity contribution in [3.63, 3.8) is 0 Å². The fourth-order valence-corrected chi connectivity index (χ4v) is 2.42. The average molecular weight is 353 g/mol. The number of hydrogen-bond acceptors (Lipinski definition) is 3. The van der Waals surface area contributed by atoms with Crippen molar-refractivity contribution in [3.8, 4) is 0 Å². The summed E-state index contributed by atoms with van der Waals surface area (Å²) in [6.07, 6.45) is 0.613. The first-order chi connectivity index (χ1) is 10.0. The van der Waals surface area contributed by atoms with Crippen LogP contribution < -0.4 is 5.32 Å². The molecule has 2 aromatic carbocycles. The van der Waals surface area contributed by atoms with Gasteiger partial charge in [0.15, 0.2) is 0 Å². The van der Waals surface area contributed by atoms with E-state index >= 15 is 0 Å². The highest BCUT2D eigenvalue weighted by Crippen LogP contribution is 2.24. The lowest BCUT2D eigenvalue weighted by Crippen LogP contribution is -2.02. The van der Waals surface area contributed by atoms with Crippen LogP contribution in [-0.4, -0.2) is 4.92 Å². The number of nitro groups is 1. The van der Waals surface area contributed by atoms with Gasteiger partial charge in [0.05, 0.1) is 9.40 Å². The number of benzene rings is 2. The van der Waals surface area contributed by atoms with Crippen LogP contribution in [0.2, 0.25) is 0 Å². The second-order valence-electron chi connectivity index (χ2n) is 4.56. The van der Waals surface area contributed by atoms with Crippen LogP contribution in [0.1, 0.15) is 18.1 Å². The minimum Gasteiger partial charge on any atom is -0.381 e. The molecule has 2 aromatic rings. The Morgan fingerprint density at radius 3 is 2.67 bits per heavy atom. The van der Waals surface area contributed by atoms with Gasteiger partial charge in [-0.25, -0.2) is 4.39 Å². The number of nitrogens with one attached hydrogen (secondary N) is 1. The largest absolute Gasteiger partial charge is 0.381 e. The molecular formula is C15H14BrFN2O2. The third-order valence-corrected chi connectivity index (χ3v) is 3.75. The zero-order chi connectivity index (χ0) is 15.4. The summed E-state index contributed by atoms with van der Waals surface area (Å²) in [5.74, 6) is -0.318. The van der Waals surface area contributed by atoms with Crippen molar-refractivity contribution in [2.24, 2.45) is 0 Å². The smallest absolute Gasteiger partial charge is 0.274 e. The molecule has 0 bridgehead atoms. The summed E-state index contributed by atoms with van der Waals surface area (Å²) in [5.41, 5.74) is 2.36.